The molecule has 0 rings (SSSR count). The number of carbonyl (C=O) groups is 1. The van der Waals surface area contributed by atoms with Crippen LogP contribution in [0.4, 0.5) is 0 Å². The number of alkyl halides is 1. The fraction of sp³-hybridized carbons (Fsp3) is 0.500. The highest BCUT2D eigenvalue weighted by Crippen LogP contribution is 1.98. The average molecular weight is 209 g/mol. The van der Waals surface area contributed by atoms with Crippen LogP contribution in [0.3, 0.4) is 0 Å². The summed E-state index contributed by atoms with van der Waals surface area (Å²) in [7, 11) is 1.56. The van der Waals surface area contributed by atoms with Crippen molar-refractivity contribution in [1.29, 1.82) is 0 Å². The molecule has 0 aliphatic carbocycles. The van der Waals surface area contributed by atoms with Crippen molar-refractivity contribution in [2.45, 2.75) is 0 Å². The molecule has 0 aliphatic rings. The van der Waals surface area contributed by atoms with Gasteiger partial charge in [0.1, 0.15) is 12.4 Å². The van der Waals surface area contributed by atoms with Gasteiger partial charge in [0.25, 0.3) is 6.47 Å². The summed E-state index contributed by atoms with van der Waals surface area (Å²) in [6, 6.07) is 0. The molecule has 4 heteroatoms. The normalized spacial score (nSPS) is 10.8. The zero-order valence-corrected chi connectivity index (χ0v) is 7.26. The van der Waals surface area contributed by atoms with Crippen LogP contribution in [0.25, 0.3) is 0 Å². The Bertz CT molecular complexity index is 116. The van der Waals surface area contributed by atoms with E-state index >= 15 is 0 Å². The van der Waals surface area contributed by atoms with Crippen LogP contribution in [0.1, 0.15) is 0 Å². The maximum absolute atomic E-state index is 9.66. The molecule has 0 radical (unpaired) electrons. The summed E-state index contributed by atoms with van der Waals surface area (Å²) in [6.45, 7) is 0.663. The van der Waals surface area contributed by atoms with Crippen LogP contribution in [-0.4, -0.2) is 25.5 Å². The van der Waals surface area contributed by atoms with Gasteiger partial charge < -0.3 is 9.47 Å². The number of allylic oxidation sites excluding steroid dienone is 1. The Kier molecular flexibility index (Phi) is 6.27. The zero-order chi connectivity index (χ0) is 7.82. The number of hydrogen-bond donors (Lipinski definition) is 0. The topological polar surface area (TPSA) is 35.5 Å². The van der Waals surface area contributed by atoms with E-state index in [0.717, 1.165) is 5.76 Å². The van der Waals surface area contributed by atoms with Crippen molar-refractivity contribution in [3.63, 3.8) is 0 Å². The lowest BCUT2D eigenvalue weighted by Crippen LogP contribution is -1.93. The lowest BCUT2D eigenvalue weighted by atomic mass is 10.5. The quantitative estimate of drug-likeness (QED) is 0.294. The molecule has 0 aliphatic heterocycles. The molecule has 10 heavy (non-hydrogen) atoms. The minimum Gasteiger partial charge on any atom is -0.500 e. The van der Waals surface area contributed by atoms with Crippen LogP contribution in [0.2, 0.25) is 0 Å². The van der Waals surface area contributed by atoms with E-state index in [1.54, 1.807) is 13.2 Å². The third-order valence-electron chi connectivity index (χ3n) is 0.869. The van der Waals surface area contributed by atoms with Gasteiger partial charge in [0.15, 0.2) is 0 Å². The van der Waals surface area contributed by atoms with Crippen LogP contribution in [0, 0.1) is 0 Å². The summed E-state index contributed by atoms with van der Waals surface area (Å²) in [5.41, 5.74) is 0. The predicted molar refractivity (Wildman–Crippen MR) is 40.9 cm³/mol. The Labute approximate surface area is 68.1 Å². The van der Waals surface area contributed by atoms with E-state index in [4.69, 9.17) is 4.74 Å². The summed E-state index contributed by atoms with van der Waals surface area (Å²) in [5, 5.41) is 0.631. The summed E-state index contributed by atoms with van der Waals surface area (Å²) < 4.78 is 9.27. The van der Waals surface area contributed by atoms with Crippen molar-refractivity contribution < 1.29 is 14.3 Å². The van der Waals surface area contributed by atoms with Crippen LogP contribution >= 0.6 is 15.9 Å². The highest BCUT2D eigenvalue weighted by atomic mass is 79.9. The molecular formula is C6H9BrO3. The van der Waals surface area contributed by atoms with Crippen molar-refractivity contribution in [1.82, 2.24) is 0 Å². The van der Waals surface area contributed by atoms with E-state index < -0.39 is 0 Å². The minimum atomic E-state index is 0.262. The first-order valence-corrected chi connectivity index (χ1v) is 3.81. The van der Waals surface area contributed by atoms with Crippen molar-refractivity contribution in [2.24, 2.45) is 0 Å². The molecule has 0 fully saturated rings. The molecule has 0 heterocycles. The summed E-state index contributed by atoms with van der Waals surface area (Å²) in [6.07, 6.45) is 1.68. The first kappa shape index (κ1) is 9.49. The second kappa shape index (κ2) is 6.61. The smallest absolute Gasteiger partial charge is 0.293 e. The molecule has 0 amide bonds. The van der Waals surface area contributed by atoms with Gasteiger partial charge in [-0.1, -0.05) is 15.9 Å². The number of rotatable bonds is 5. The first-order valence-electron chi connectivity index (χ1n) is 2.69. The Morgan fingerprint density at radius 2 is 2.40 bits per heavy atom. The van der Waals surface area contributed by atoms with Crippen LogP contribution < -0.4 is 0 Å². The Hall–Kier alpha value is -0.510. The van der Waals surface area contributed by atoms with Crippen molar-refractivity contribution >= 4 is 22.4 Å². The van der Waals surface area contributed by atoms with E-state index in [1.807, 2.05) is 0 Å². The molecule has 58 valence electrons. The monoisotopic (exact) mass is 208 g/mol. The minimum absolute atomic E-state index is 0.262. The Morgan fingerprint density at radius 1 is 1.70 bits per heavy atom. The summed E-state index contributed by atoms with van der Waals surface area (Å²) >= 11 is 3.19. The van der Waals surface area contributed by atoms with E-state index in [0.29, 0.717) is 11.8 Å². The molecule has 0 aromatic rings. The van der Waals surface area contributed by atoms with Gasteiger partial charge >= 0.3 is 0 Å². The lowest BCUT2D eigenvalue weighted by molar-refractivity contribution is -0.127. The Balaban J connectivity index is 3.52. The van der Waals surface area contributed by atoms with Gasteiger partial charge in [0.2, 0.25) is 0 Å². The average Bonchev–Trinajstić information content (AvgIpc) is 1.99. The lowest BCUT2D eigenvalue weighted by Gasteiger charge is -1.99. The summed E-state index contributed by atoms with van der Waals surface area (Å²) in [4.78, 5) is 9.66. The maximum atomic E-state index is 9.66. The molecule has 0 spiro atoms. The molecular weight excluding hydrogens is 200 g/mol. The van der Waals surface area contributed by atoms with E-state index in [-0.39, 0.29) is 6.61 Å². The number of carbonyl (C=O) groups excluding carboxylic acids is 1. The van der Waals surface area contributed by atoms with Gasteiger partial charge in [-0.05, 0) is 6.08 Å². The number of halogens is 1. The second-order valence-electron chi connectivity index (χ2n) is 1.44. The van der Waals surface area contributed by atoms with Crippen LogP contribution in [-0.2, 0) is 14.3 Å². The van der Waals surface area contributed by atoms with Gasteiger partial charge in [-0.2, -0.15) is 0 Å². The number of methoxy groups -OCH3 is 1. The van der Waals surface area contributed by atoms with Gasteiger partial charge in [-0.15, -0.1) is 0 Å². The first-order chi connectivity index (χ1) is 4.85. The highest BCUT2D eigenvalue weighted by molar-refractivity contribution is 9.09. The van der Waals surface area contributed by atoms with E-state index in [1.165, 1.54) is 0 Å². The van der Waals surface area contributed by atoms with Crippen molar-refractivity contribution in [3.05, 3.63) is 11.8 Å². The third kappa shape index (κ3) is 4.38. The molecule has 0 aromatic carbocycles. The van der Waals surface area contributed by atoms with Crippen molar-refractivity contribution in [2.75, 3.05) is 19.0 Å². The van der Waals surface area contributed by atoms with Gasteiger partial charge in [0, 0.05) is 0 Å². The molecule has 0 N–H and O–H groups in total. The fourth-order valence-corrected chi connectivity index (χ4v) is 0.831. The molecule has 0 unspecified atom stereocenters. The van der Waals surface area contributed by atoms with Gasteiger partial charge in [-0.25, -0.2) is 0 Å². The largest absolute Gasteiger partial charge is 0.500 e. The predicted octanol–water partition coefficient (Wildman–Crippen LogP) is 1.08. The standard InChI is InChI=1S/C6H9BrO3/c1-9-6(4-7)2-3-10-5-8/h2,5H,3-4H2,1H3. The van der Waals surface area contributed by atoms with E-state index in [2.05, 4.69) is 20.7 Å². The fourth-order valence-electron chi connectivity index (χ4n) is 0.373. The molecule has 0 atom stereocenters. The van der Waals surface area contributed by atoms with Gasteiger partial charge in [0.05, 0.1) is 12.4 Å². The molecule has 0 bridgehead atoms. The van der Waals surface area contributed by atoms with E-state index in [9.17, 15) is 4.79 Å². The maximum Gasteiger partial charge on any atom is 0.293 e. The van der Waals surface area contributed by atoms with Crippen LogP contribution in [0.15, 0.2) is 11.8 Å². The number of hydrogen-bond acceptors (Lipinski definition) is 3. The molecule has 3 nitrogen and oxygen atoms in total. The van der Waals surface area contributed by atoms with Crippen molar-refractivity contribution in [3.8, 4) is 0 Å². The molecule has 0 saturated heterocycles. The Morgan fingerprint density at radius 3 is 2.80 bits per heavy atom. The zero-order valence-electron chi connectivity index (χ0n) is 5.67. The van der Waals surface area contributed by atoms with Gasteiger partial charge in [-0.3, -0.25) is 4.79 Å². The molecule has 0 aromatic heterocycles. The highest BCUT2D eigenvalue weighted by Gasteiger charge is 1.89. The SMILES string of the molecule is COC(=CCOC=O)CBr. The third-order valence-corrected chi connectivity index (χ3v) is 1.42. The molecule has 0 saturated carbocycles. The number of ether oxygens (including phenoxy) is 2. The summed E-state index contributed by atoms with van der Waals surface area (Å²) in [5.74, 6) is 0.752. The second-order valence-corrected chi connectivity index (χ2v) is 2.00. The van der Waals surface area contributed by atoms with Crippen LogP contribution in [0.5, 0.6) is 0 Å².